The Labute approximate surface area is 85.0 Å². The third-order valence-corrected chi connectivity index (χ3v) is 2.22. The highest BCUT2D eigenvalue weighted by atomic mass is 16.4. The van der Waals surface area contributed by atoms with Crippen LogP contribution in [0.4, 0.5) is 0 Å². The molecule has 0 fully saturated rings. The van der Waals surface area contributed by atoms with Gasteiger partial charge >= 0.3 is 11.7 Å². The third-order valence-electron chi connectivity index (χ3n) is 2.22. The molecule has 2 aromatic rings. The van der Waals surface area contributed by atoms with Crippen molar-refractivity contribution < 1.29 is 9.90 Å². The highest BCUT2D eigenvalue weighted by Gasteiger charge is 2.09. The van der Waals surface area contributed by atoms with Crippen LogP contribution in [0, 0.1) is 6.92 Å². The fraction of sp³-hybridized carbons (Fsp3) is 0.200. The maximum Gasteiger partial charge on any atom is 0.327 e. The van der Waals surface area contributed by atoms with Crippen molar-refractivity contribution in [1.29, 1.82) is 0 Å². The summed E-state index contributed by atoms with van der Waals surface area (Å²) in [5.41, 5.74) is 1.88. The average Bonchev–Trinajstić information content (AvgIpc) is 2.43. The fourth-order valence-electron chi connectivity index (χ4n) is 1.56. The minimum atomic E-state index is -1.03. The van der Waals surface area contributed by atoms with Crippen LogP contribution in [0.25, 0.3) is 11.0 Å². The van der Waals surface area contributed by atoms with E-state index in [1.807, 2.05) is 13.0 Å². The van der Waals surface area contributed by atoms with Gasteiger partial charge in [-0.15, -0.1) is 0 Å². The summed E-state index contributed by atoms with van der Waals surface area (Å²) in [4.78, 5) is 24.6. The SMILES string of the molecule is Cc1ccc2[nH]c(=O)n(CC(=O)O)c2c1. The first-order valence-electron chi connectivity index (χ1n) is 4.49. The van der Waals surface area contributed by atoms with Gasteiger partial charge < -0.3 is 10.1 Å². The molecule has 5 heteroatoms. The number of rotatable bonds is 2. The number of benzene rings is 1. The van der Waals surface area contributed by atoms with Gasteiger partial charge in [0, 0.05) is 0 Å². The monoisotopic (exact) mass is 206 g/mol. The van der Waals surface area contributed by atoms with Gasteiger partial charge in [0.2, 0.25) is 0 Å². The summed E-state index contributed by atoms with van der Waals surface area (Å²) in [5.74, 6) is -1.03. The lowest BCUT2D eigenvalue weighted by Crippen LogP contribution is -2.21. The third kappa shape index (κ3) is 1.63. The molecular formula is C10H10N2O3. The molecule has 1 aromatic carbocycles. The Hall–Kier alpha value is -2.04. The van der Waals surface area contributed by atoms with Gasteiger partial charge in [-0.05, 0) is 24.6 Å². The molecule has 15 heavy (non-hydrogen) atoms. The molecular weight excluding hydrogens is 196 g/mol. The normalized spacial score (nSPS) is 10.7. The number of aryl methyl sites for hydroxylation is 1. The van der Waals surface area contributed by atoms with Crippen molar-refractivity contribution in [2.24, 2.45) is 0 Å². The molecule has 5 nitrogen and oxygen atoms in total. The predicted octanol–water partition coefficient (Wildman–Crippen LogP) is 0.723. The molecule has 0 bridgehead atoms. The van der Waals surface area contributed by atoms with Crippen LogP contribution in [-0.4, -0.2) is 20.6 Å². The quantitative estimate of drug-likeness (QED) is 0.760. The van der Waals surface area contributed by atoms with Gasteiger partial charge in [-0.25, -0.2) is 4.79 Å². The minimum Gasteiger partial charge on any atom is -0.480 e. The second-order valence-corrected chi connectivity index (χ2v) is 3.43. The van der Waals surface area contributed by atoms with E-state index in [-0.39, 0.29) is 6.54 Å². The van der Waals surface area contributed by atoms with Gasteiger partial charge in [-0.2, -0.15) is 0 Å². The topological polar surface area (TPSA) is 75.1 Å². The van der Waals surface area contributed by atoms with Gasteiger partial charge in [-0.3, -0.25) is 9.36 Å². The zero-order valence-corrected chi connectivity index (χ0v) is 8.15. The number of imidazole rings is 1. The minimum absolute atomic E-state index is 0.317. The summed E-state index contributed by atoms with van der Waals surface area (Å²) in [6.45, 7) is 1.57. The molecule has 1 heterocycles. The maximum atomic E-state index is 11.4. The molecule has 0 radical (unpaired) electrons. The Morgan fingerprint density at radius 2 is 2.27 bits per heavy atom. The highest BCUT2D eigenvalue weighted by molar-refractivity contribution is 5.78. The molecule has 0 spiro atoms. The van der Waals surface area contributed by atoms with Crippen molar-refractivity contribution in [3.8, 4) is 0 Å². The number of nitrogens with zero attached hydrogens (tertiary/aromatic N) is 1. The summed E-state index contributed by atoms with van der Waals surface area (Å²) in [5, 5.41) is 8.66. The molecule has 0 aliphatic rings. The molecule has 78 valence electrons. The molecule has 0 saturated carbocycles. The number of carboxylic acid groups (broad SMARTS) is 1. The number of aromatic nitrogens is 2. The summed E-state index contributed by atoms with van der Waals surface area (Å²) in [7, 11) is 0. The largest absolute Gasteiger partial charge is 0.480 e. The predicted molar refractivity (Wildman–Crippen MR) is 54.9 cm³/mol. The number of hydrogen-bond acceptors (Lipinski definition) is 2. The number of nitrogens with one attached hydrogen (secondary N) is 1. The van der Waals surface area contributed by atoms with Crippen LogP contribution in [-0.2, 0) is 11.3 Å². The number of aliphatic carboxylic acids is 1. The van der Waals surface area contributed by atoms with E-state index in [0.29, 0.717) is 11.0 Å². The second-order valence-electron chi connectivity index (χ2n) is 3.43. The van der Waals surface area contributed by atoms with Crippen molar-refractivity contribution in [2.75, 3.05) is 0 Å². The number of aromatic amines is 1. The Balaban J connectivity index is 2.70. The molecule has 0 amide bonds. The number of fused-ring (bicyclic) bond motifs is 1. The lowest BCUT2D eigenvalue weighted by molar-refractivity contribution is -0.137. The first kappa shape index (κ1) is 9.51. The Bertz CT molecular complexity index is 580. The lowest BCUT2D eigenvalue weighted by Gasteiger charge is -1.99. The van der Waals surface area contributed by atoms with E-state index in [2.05, 4.69) is 4.98 Å². The zero-order valence-electron chi connectivity index (χ0n) is 8.15. The van der Waals surface area contributed by atoms with Crippen LogP contribution < -0.4 is 5.69 Å². The van der Waals surface area contributed by atoms with E-state index in [9.17, 15) is 9.59 Å². The van der Waals surface area contributed by atoms with E-state index in [1.165, 1.54) is 4.57 Å². The van der Waals surface area contributed by atoms with E-state index >= 15 is 0 Å². The number of carboxylic acids is 1. The van der Waals surface area contributed by atoms with E-state index in [0.717, 1.165) is 5.56 Å². The van der Waals surface area contributed by atoms with Crippen molar-refractivity contribution in [3.63, 3.8) is 0 Å². The Morgan fingerprint density at radius 3 is 2.93 bits per heavy atom. The molecule has 2 rings (SSSR count). The van der Waals surface area contributed by atoms with Crippen LogP contribution in [0.5, 0.6) is 0 Å². The van der Waals surface area contributed by atoms with Gasteiger partial charge in [0.05, 0.1) is 11.0 Å². The van der Waals surface area contributed by atoms with E-state index < -0.39 is 11.7 Å². The van der Waals surface area contributed by atoms with Crippen molar-refractivity contribution in [1.82, 2.24) is 9.55 Å². The van der Waals surface area contributed by atoms with Crippen molar-refractivity contribution in [3.05, 3.63) is 34.2 Å². The number of carbonyl (C=O) groups is 1. The lowest BCUT2D eigenvalue weighted by atomic mass is 10.2. The van der Waals surface area contributed by atoms with Gasteiger partial charge in [-0.1, -0.05) is 6.07 Å². The maximum absolute atomic E-state index is 11.4. The first-order chi connectivity index (χ1) is 7.08. The summed E-state index contributed by atoms with van der Waals surface area (Å²) in [6.07, 6.45) is 0. The Kier molecular flexibility index (Phi) is 2.07. The van der Waals surface area contributed by atoms with Gasteiger partial charge in [0.15, 0.2) is 0 Å². The van der Waals surface area contributed by atoms with Crippen molar-refractivity contribution >= 4 is 17.0 Å². The van der Waals surface area contributed by atoms with Crippen LogP contribution in [0.3, 0.4) is 0 Å². The average molecular weight is 206 g/mol. The van der Waals surface area contributed by atoms with Crippen LogP contribution in [0.1, 0.15) is 5.56 Å². The van der Waals surface area contributed by atoms with E-state index in [1.54, 1.807) is 12.1 Å². The highest BCUT2D eigenvalue weighted by Crippen LogP contribution is 2.11. The summed E-state index contributed by atoms with van der Waals surface area (Å²) < 4.78 is 1.21. The van der Waals surface area contributed by atoms with Gasteiger partial charge in [0.1, 0.15) is 6.54 Å². The van der Waals surface area contributed by atoms with Crippen LogP contribution in [0.2, 0.25) is 0 Å². The van der Waals surface area contributed by atoms with Gasteiger partial charge in [0.25, 0.3) is 0 Å². The summed E-state index contributed by atoms with van der Waals surface area (Å²) >= 11 is 0. The zero-order chi connectivity index (χ0) is 11.0. The number of hydrogen-bond donors (Lipinski definition) is 2. The molecule has 0 aliphatic heterocycles. The molecule has 2 N–H and O–H groups in total. The second kappa shape index (κ2) is 3.27. The Morgan fingerprint density at radius 1 is 1.53 bits per heavy atom. The smallest absolute Gasteiger partial charge is 0.327 e. The molecule has 0 unspecified atom stereocenters. The van der Waals surface area contributed by atoms with Crippen LogP contribution in [0.15, 0.2) is 23.0 Å². The molecule has 0 aliphatic carbocycles. The first-order valence-corrected chi connectivity index (χ1v) is 4.49. The van der Waals surface area contributed by atoms with E-state index in [4.69, 9.17) is 5.11 Å². The molecule has 0 saturated heterocycles. The number of H-pyrrole nitrogens is 1. The van der Waals surface area contributed by atoms with Crippen LogP contribution >= 0.6 is 0 Å². The standard InChI is InChI=1S/C10H10N2O3/c1-6-2-3-7-8(4-6)12(5-9(13)14)10(15)11-7/h2-4H,5H2,1H3,(H,11,15)(H,13,14). The summed E-state index contributed by atoms with van der Waals surface area (Å²) in [6, 6.07) is 5.42. The molecule has 0 atom stereocenters. The fourth-order valence-corrected chi connectivity index (χ4v) is 1.56. The van der Waals surface area contributed by atoms with Crippen molar-refractivity contribution in [2.45, 2.75) is 13.5 Å². The molecule has 1 aromatic heterocycles.